The monoisotopic (exact) mass is 436 g/mol. The number of nitrogens with one attached hydrogen (secondary N) is 1. The summed E-state index contributed by atoms with van der Waals surface area (Å²) in [7, 11) is 3.24. The highest BCUT2D eigenvalue weighted by Gasteiger charge is 2.34. The van der Waals surface area contributed by atoms with Crippen LogP contribution < -0.4 is 14.8 Å². The molecular weight excluding hydrogens is 412 g/mol. The molecule has 0 radical (unpaired) electrons. The first-order chi connectivity index (χ1) is 15.0. The SMILES string of the molecule is COc1cc2c(cc1OC)C(c1ccccc1)N(C(=O)c1ccc(NC(C)=O)s1)CC2. The zero-order valence-electron chi connectivity index (χ0n) is 17.7. The van der Waals surface area contributed by atoms with E-state index in [4.69, 9.17) is 9.47 Å². The molecule has 1 atom stereocenters. The van der Waals surface area contributed by atoms with E-state index in [-0.39, 0.29) is 17.9 Å². The highest BCUT2D eigenvalue weighted by Crippen LogP contribution is 2.42. The number of carbonyl (C=O) groups is 2. The Hall–Kier alpha value is -3.32. The lowest BCUT2D eigenvalue weighted by Crippen LogP contribution is -2.40. The molecule has 1 unspecified atom stereocenters. The van der Waals surface area contributed by atoms with Gasteiger partial charge in [-0.2, -0.15) is 0 Å². The topological polar surface area (TPSA) is 67.9 Å². The van der Waals surface area contributed by atoms with Gasteiger partial charge < -0.3 is 19.7 Å². The number of nitrogens with zero attached hydrogens (tertiary/aromatic N) is 1. The number of hydrogen-bond acceptors (Lipinski definition) is 5. The molecule has 0 spiro atoms. The summed E-state index contributed by atoms with van der Waals surface area (Å²) in [6.07, 6.45) is 0.717. The molecule has 1 N–H and O–H groups in total. The van der Waals surface area contributed by atoms with Crippen molar-refractivity contribution in [3.05, 3.63) is 76.2 Å². The summed E-state index contributed by atoms with van der Waals surface area (Å²) in [6, 6.07) is 17.3. The lowest BCUT2D eigenvalue weighted by atomic mass is 9.87. The minimum atomic E-state index is -0.247. The third-order valence-corrected chi connectivity index (χ3v) is 6.35. The number of thiophene rings is 1. The summed E-state index contributed by atoms with van der Waals surface area (Å²) in [5.74, 6) is 1.11. The van der Waals surface area contributed by atoms with Gasteiger partial charge in [-0.15, -0.1) is 11.3 Å². The molecule has 0 saturated carbocycles. The molecule has 2 heterocycles. The summed E-state index contributed by atoms with van der Waals surface area (Å²) >= 11 is 1.29. The van der Waals surface area contributed by atoms with E-state index in [1.807, 2.05) is 47.4 Å². The van der Waals surface area contributed by atoms with E-state index < -0.39 is 0 Å². The molecule has 0 saturated heterocycles. The predicted molar refractivity (Wildman–Crippen MR) is 121 cm³/mol. The number of carbonyl (C=O) groups excluding carboxylic acids is 2. The van der Waals surface area contributed by atoms with E-state index in [1.165, 1.54) is 18.3 Å². The number of anilines is 1. The molecule has 1 aliphatic rings. The van der Waals surface area contributed by atoms with Crippen molar-refractivity contribution in [2.75, 3.05) is 26.1 Å². The van der Waals surface area contributed by atoms with Crippen LogP contribution in [0.3, 0.4) is 0 Å². The van der Waals surface area contributed by atoms with E-state index in [9.17, 15) is 9.59 Å². The van der Waals surface area contributed by atoms with E-state index in [1.54, 1.807) is 26.4 Å². The molecule has 2 amide bonds. The van der Waals surface area contributed by atoms with E-state index in [2.05, 4.69) is 5.32 Å². The number of rotatable bonds is 5. The maximum absolute atomic E-state index is 13.5. The Morgan fingerprint density at radius 2 is 1.74 bits per heavy atom. The fourth-order valence-corrected chi connectivity index (χ4v) is 4.90. The minimum Gasteiger partial charge on any atom is -0.493 e. The summed E-state index contributed by atoms with van der Waals surface area (Å²) in [5.41, 5.74) is 3.20. The van der Waals surface area contributed by atoms with Gasteiger partial charge in [0.15, 0.2) is 11.5 Å². The second-order valence-corrected chi connectivity index (χ2v) is 8.40. The Bertz CT molecular complexity index is 1110. The first kappa shape index (κ1) is 20.9. The van der Waals surface area contributed by atoms with Crippen LogP contribution in [0.15, 0.2) is 54.6 Å². The highest BCUT2D eigenvalue weighted by atomic mass is 32.1. The third-order valence-electron chi connectivity index (χ3n) is 5.37. The second-order valence-electron chi connectivity index (χ2n) is 7.31. The van der Waals surface area contributed by atoms with Crippen molar-refractivity contribution in [2.24, 2.45) is 0 Å². The molecule has 1 aliphatic heterocycles. The van der Waals surface area contributed by atoms with Gasteiger partial charge >= 0.3 is 0 Å². The van der Waals surface area contributed by atoms with Gasteiger partial charge in [0.1, 0.15) is 0 Å². The quantitative estimate of drug-likeness (QED) is 0.639. The van der Waals surface area contributed by atoms with Crippen LogP contribution in [0.5, 0.6) is 11.5 Å². The Morgan fingerprint density at radius 3 is 2.42 bits per heavy atom. The molecule has 4 rings (SSSR count). The molecule has 0 aliphatic carbocycles. The smallest absolute Gasteiger partial charge is 0.264 e. The lowest BCUT2D eigenvalue weighted by Gasteiger charge is -2.38. The summed E-state index contributed by atoms with van der Waals surface area (Å²) in [6.45, 7) is 2.03. The van der Waals surface area contributed by atoms with E-state index >= 15 is 0 Å². The lowest BCUT2D eigenvalue weighted by molar-refractivity contribution is -0.114. The molecule has 0 fully saturated rings. The minimum absolute atomic E-state index is 0.0594. The highest BCUT2D eigenvalue weighted by molar-refractivity contribution is 7.18. The molecule has 2 aromatic carbocycles. The fraction of sp³-hybridized carbons (Fsp3) is 0.250. The number of ether oxygens (including phenoxy) is 2. The maximum Gasteiger partial charge on any atom is 0.264 e. The third kappa shape index (κ3) is 4.14. The molecule has 1 aromatic heterocycles. The van der Waals surface area contributed by atoms with Crippen LogP contribution in [0.1, 0.15) is 39.3 Å². The van der Waals surface area contributed by atoms with Crippen molar-refractivity contribution < 1.29 is 19.1 Å². The van der Waals surface area contributed by atoms with Crippen molar-refractivity contribution in [3.63, 3.8) is 0 Å². The van der Waals surface area contributed by atoms with Gasteiger partial charge in [0.25, 0.3) is 5.91 Å². The fourth-order valence-electron chi connectivity index (χ4n) is 3.99. The summed E-state index contributed by atoms with van der Waals surface area (Å²) in [5, 5.41) is 3.41. The van der Waals surface area contributed by atoms with Gasteiger partial charge in [0, 0.05) is 13.5 Å². The van der Waals surface area contributed by atoms with Gasteiger partial charge in [-0.05, 0) is 47.4 Å². The largest absolute Gasteiger partial charge is 0.493 e. The number of hydrogen-bond donors (Lipinski definition) is 1. The van der Waals surface area contributed by atoms with Gasteiger partial charge in [-0.1, -0.05) is 30.3 Å². The Balaban J connectivity index is 1.77. The number of methoxy groups -OCH3 is 2. The molecule has 6 nitrogen and oxygen atoms in total. The summed E-state index contributed by atoms with van der Waals surface area (Å²) < 4.78 is 11.0. The average molecular weight is 437 g/mol. The van der Waals surface area contributed by atoms with Crippen LogP contribution in [0.2, 0.25) is 0 Å². The molecule has 31 heavy (non-hydrogen) atoms. The van der Waals surface area contributed by atoms with Crippen molar-refractivity contribution >= 4 is 28.2 Å². The molecular formula is C24H24N2O4S. The van der Waals surface area contributed by atoms with Gasteiger partial charge in [-0.25, -0.2) is 0 Å². The van der Waals surface area contributed by atoms with Crippen LogP contribution in [-0.2, 0) is 11.2 Å². The van der Waals surface area contributed by atoms with Gasteiger partial charge in [0.05, 0.1) is 30.1 Å². The van der Waals surface area contributed by atoms with Crippen LogP contribution >= 0.6 is 11.3 Å². The van der Waals surface area contributed by atoms with Crippen LogP contribution in [0.4, 0.5) is 5.00 Å². The maximum atomic E-state index is 13.5. The molecule has 7 heteroatoms. The van der Waals surface area contributed by atoms with Crippen molar-refractivity contribution in [1.82, 2.24) is 4.90 Å². The zero-order chi connectivity index (χ0) is 22.0. The first-order valence-corrected chi connectivity index (χ1v) is 10.8. The van der Waals surface area contributed by atoms with E-state index in [0.29, 0.717) is 34.3 Å². The number of benzene rings is 2. The summed E-state index contributed by atoms with van der Waals surface area (Å²) in [4.78, 5) is 27.4. The zero-order valence-corrected chi connectivity index (χ0v) is 18.5. The average Bonchev–Trinajstić information content (AvgIpc) is 3.25. The van der Waals surface area contributed by atoms with Crippen molar-refractivity contribution in [2.45, 2.75) is 19.4 Å². The normalized spacial score (nSPS) is 15.2. The van der Waals surface area contributed by atoms with Gasteiger partial charge in [-0.3, -0.25) is 9.59 Å². The molecule has 0 bridgehead atoms. The van der Waals surface area contributed by atoms with E-state index in [0.717, 1.165) is 16.7 Å². The number of fused-ring (bicyclic) bond motifs is 1. The van der Waals surface area contributed by atoms with Crippen LogP contribution in [0, 0.1) is 0 Å². The predicted octanol–water partition coefficient (Wildman–Crippen LogP) is 4.51. The molecule has 160 valence electrons. The van der Waals surface area contributed by atoms with Crippen molar-refractivity contribution in [1.29, 1.82) is 0 Å². The van der Waals surface area contributed by atoms with Gasteiger partial charge in [0.2, 0.25) is 5.91 Å². The first-order valence-electron chi connectivity index (χ1n) is 10.00. The molecule has 3 aromatic rings. The standard InChI is InChI=1S/C24H24N2O4S/c1-15(27)25-22-10-9-21(31-22)24(28)26-12-11-17-13-19(29-2)20(30-3)14-18(17)23(26)16-7-5-4-6-8-16/h4-10,13-14,23H,11-12H2,1-3H3,(H,25,27). The Labute approximate surface area is 185 Å². The van der Waals surface area contributed by atoms with Crippen molar-refractivity contribution in [3.8, 4) is 11.5 Å². The second kappa shape index (κ2) is 8.81. The van der Waals surface area contributed by atoms with Crippen LogP contribution in [-0.4, -0.2) is 37.5 Å². The van der Waals surface area contributed by atoms with Crippen LogP contribution in [0.25, 0.3) is 0 Å². The Kier molecular flexibility index (Phi) is 5.95. The Morgan fingerprint density at radius 1 is 1.03 bits per heavy atom. The number of amides is 2.